The molecule has 4 heterocycles. The lowest BCUT2D eigenvalue weighted by Gasteiger charge is -2.16. The van der Waals surface area contributed by atoms with Gasteiger partial charge in [-0.1, -0.05) is 121 Å². The summed E-state index contributed by atoms with van der Waals surface area (Å²) in [5.41, 5.74) is 8.69. The summed E-state index contributed by atoms with van der Waals surface area (Å²) in [6.45, 7) is 0. The van der Waals surface area contributed by atoms with Crippen molar-refractivity contribution in [2.24, 2.45) is 0 Å². The smallest absolute Gasteiger partial charge is 0.166 e. The molecule has 0 saturated heterocycles. The van der Waals surface area contributed by atoms with Crippen LogP contribution in [-0.4, -0.2) is 23.7 Å². The van der Waals surface area contributed by atoms with Gasteiger partial charge >= 0.3 is 0 Å². The Kier molecular flexibility index (Phi) is 5.89. The lowest BCUT2D eigenvalue weighted by molar-refractivity contribution is 0.991. The molecule has 11 aromatic rings. The second-order valence-corrected chi connectivity index (χ2v) is 13.0. The minimum Gasteiger partial charge on any atom is -0.309 e. The van der Waals surface area contributed by atoms with Crippen LogP contribution in [0.4, 0.5) is 0 Å². The fourth-order valence-electron chi connectivity index (χ4n) is 8.15. The van der Waals surface area contributed by atoms with E-state index in [2.05, 4.69) is 190 Å². The van der Waals surface area contributed by atoms with Gasteiger partial charge in [0.2, 0.25) is 0 Å². The molecule has 0 bridgehead atoms. The second kappa shape index (κ2) is 10.8. The summed E-state index contributed by atoms with van der Waals surface area (Å²) < 4.78 is 6.93. The normalized spacial score (nSPS) is 11.9. The van der Waals surface area contributed by atoms with Crippen LogP contribution in [-0.2, 0) is 0 Å². The van der Waals surface area contributed by atoms with Crippen LogP contribution in [0.5, 0.6) is 0 Å². The van der Waals surface area contributed by atoms with Crippen molar-refractivity contribution in [2.45, 2.75) is 0 Å². The largest absolute Gasteiger partial charge is 0.309 e. The number of para-hydroxylation sites is 7. The molecule has 0 atom stereocenters. The van der Waals surface area contributed by atoms with Crippen molar-refractivity contribution in [1.82, 2.24) is 23.7 Å². The molecule has 0 saturated carbocycles. The van der Waals surface area contributed by atoms with E-state index < -0.39 is 0 Å². The number of aromatic nitrogens is 5. The van der Waals surface area contributed by atoms with Crippen molar-refractivity contribution in [3.8, 4) is 28.7 Å². The van der Waals surface area contributed by atoms with Gasteiger partial charge in [0.1, 0.15) is 11.6 Å². The Labute approximate surface area is 292 Å². The lowest BCUT2D eigenvalue weighted by Crippen LogP contribution is -2.07. The van der Waals surface area contributed by atoms with Gasteiger partial charge in [-0.05, 0) is 48.5 Å². The third-order valence-corrected chi connectivity index (χ3v) is 10.3. The van der Waals surface area contributed by atoms with Crippen molar-refractivity contribution in [2.75, 3.05) is 0 Å². The Balaban J connectivity index is 1.27. The van der Waals surface area contributed by atoms with Gasteiger partial charge in [-0.15, -0.1) is 0 Å². The quantitative estimate of drug-likeness (QED) is 0.190. The van der Waals surface area contributed by atoms with Crippen molar-refractivity contribution < 1.29 is 0 Å². The summed E-state index contributed by atoms with van der Waals surface area (Å²) in [6, 6.07) is 62.3. The Morgan fingerprint density at radius 2 is 0.588 bits per heavy atom. The number of benzene rings is 7. The predicted octanol–water partition coefficient (Wildman–Crippen LogP) is 11.4. The average Bonchev–Trinajstić information content (AvgIpc) is 3.84. The van der Waals surface area contributed by atoms with Crippen LogP contribution < -0.4 is 0 Å². The van der Waals surface area contributed by atoms with E-state index >= 15 is 0 Å². The van der Waals surface area contributed by atoms with E-state index in [9.17, 15) is 0 Å². The van der Waals surface area contributed by atoms with E-state index in [1.165, 1.54) is 32.3 Å². The molecule has 0 aliphatic carbocycles. The first-order valence-corrected chi connectivity index (χ1v) is 17.3. The van der Waals surface area contributed by atoms with Crippen molar-refractivity contribution in [3.05, 3.63) is 176 Å². The van der Waals surface area contributed by atoms with Crippen LogP contribution in [0.1, 0.15) is 0 Å². The molecule has 0 spiro atoms. The first-order valence-electron chi connectivity index (χ1n) is 17.3. The molecule has 0 aliphatic rings. The molecule has 0 unspecified atom stereocenters. The molecule has 0 amide bonds. The summed E-state index contributed by atoms with van der Waals surface area (Å²) in [4.78, 5) is 10.9. The van der Waals surface area contributed by atoms with E-state index in [0.29, 0.717) is 5.82 Å². The van der Waals surface area contributed by atoms with Gasteiger partial charge < -0.3 is 4.57 Å². The molecular formula is C46H29N5. The molecule has 0 N–H and O–H groups in total. The van der Waals surface area contributed by atoms with Crippen molar-refractivity contribution in [3.63, 3.8) is 0 Å². The second-order valence-electron chi connectivity index (χ2n) is 13.0. The zero-order chi connectivity index (χ0) is 33.5. The summed E-state index contributed by atoms with van der Waals surface area (Å²) in [6.07, 6.45) is 0. The molecule has 5 heteroatoms. The van der Waals surface area contributed by atoms with Crippen LogP contribution in [0.25, 0.3) is 94.1 Å². The third-order valence-electron chi connectivity index (χ3n) is 10.3. The zero-order valence-corrected chi connectivity index (χ0v) is 27.5. The Bertz CT molecular complexity index is 2870. The van der Waals surface area contributed by atoms with E-state index in [0.717, 1.165) is 56.0 Å². The number of rotatable bonds is 4. The van der Waals surface area contributed by atoms with Crippen molar-refractivity contribution in [1.29, 1.82) is 0 Å². The van der Waals surface area contributed by atoms with Gasteiger partial charge in [0.05, 0.1) is 38.8 Å². The molecule has 51 heavy (non-hydrogen) atoms. The highest BCUT2D eigenvalue weighted by Crippen LogP contribution is 2.38. The third kappa shape index (κ3) is 4.03. The predicted molar refractivity (Wildman–Crippen MR) is 210 cm³/mol. The van der Waals surface area contributed by atoms with Crippen LogP contribution >= 0.6 is 0 Å². The molecule has 0 aliphatic heterocycles. The summed E-state index contributed by atoms with van der Waals surface area (Å²) in [7, 11) is 0. The van der Waals surface area contributed by atoms with Crippen LogP contribution in [0.3, 0.4) is 0 Å². The highest BCUT2D eigenvalue weighted by atomic mass is 15.1. The topological polar surface area (TPSA) is 40.6 Å². The Hall–Kier alpha value is -6.98. The minimum absolute atomic E-state index is 0.656. The molecule has 0 fully saturated rings. The first kappa shape index (κ1) is 27.9. The van der Waals surface area contributed by atoms with Gasteiger partial charge in [0.15, 0.2) is 5.82 Å². The van der Waals surface area contributed by atoms with Gasteiger partial charge in [-0.25, -0.2) is 9.97 Å². The van der Waals surface area contributed by atoms with E-state index in [4.69, 9.17) is 9.97 Å². The Morgan fingerprint density at radius 1 is 0.294 bits per heavy atom. The van der Waals surface area contributed by atoms with E-state index in [-0.39, 0.29) is 0 Å². The number of nitrogens with zero attached hydrogens (tertiary/aromatic N) is 5. The molecular weight excluding hydrogens is 623 g/mol. The van der Waals surface area contributed by atoms with Crippen LogP contribution in [0, 0.1) is 0 Å². The van der Waals surface area contributed by atoms with E-state index in [1.807, 2.05) is 0 Å². The maximum atomic E-state index is 5.47. The summed E-state index contributed by atoms with van der Waals surface area (Å²) in [5, 5.41) is 7.20. The summed E-state index contributed by atoms with van der Waals surface area (Å²) >= 11 is 0. The SMILES string of the molecule is c1ccc(-n2c3ccccc3c3ccccc32)c(-c2nc(-n3c4ccccc4c4ccccc43)cc(-n3c4ccccc4c4ccccc43)n2)c1. The Morgan fingerprint density at radius 3 is 0.961 bits per heavy atom. The lowest BCUT2D eigenvalue weighted by atomic mass is 10.1. The molecule has 0 radical (unpaired) electrons. The molecule has 238 valence electrons. The standard InChI is InChI=1S/C46H29N5/c1-8-22-37-30(15-1)31-16-2-9-23-38(31)49(37)43-28-14-7-21-36(43)46-47-44(50-39-24-10-3-17-32(39)33-18-4-11-25-40(33)50)29-45(48-46)51-41-26-12-5-19-34(41)35-20-6-13-27-42(35)51/h1-29H. The highest BCUT2D eigenvalue weighted by Gasteiger charge is 2.21. The van der Waals surface area contributed by atoms with Crippen molar-refractivity contribution >= 4 is 65.4 Å². The fraction of sp³-hybridized carbons (Fsp3) is 0. The number of hydrogen-bond donors (Lipinski definition) is 0. The summed E-state index contributed by atoms with van der Waals surface area (Å²) in [5.74, 6) is 2.28. The zero-order valence-electron chi connectivity index (χ0n) is 27.5. The fourth-order valence-corrected chi connectivity index (χ4v) is 8.15. The average molecular weight is 652 g/mol. The monoisotopic (exact) mass is 651 g/mol. The minimum atomic E-state index is 0.656. The van der Waals surface area contributed by atoms with Crippen LogP contribution in [0.15, 0.2) is 176 Å². The molecule has 4 aromatic heterocycles. The highest BCUT2D eigenvalue weighted by molar-refractivity contribution is 6.11. The van der Waals surface area contributed by atoms with Gasteiger partial charge in [-0.2, -0.15) is 0 Å². The molecule has 7 aromatic carbocycles. The number of fused-ring (bicyclic) bond motifs is 9. The van der Waals surface area contributed by atoms with E-state index in [1.54, 1.807) is 0 Å². The first-order chi connectivity index (χ1) is 25.3. The van der Waals surface area contributed by atoms with Crippen LogP contribution in [0.2, 0.25) is 0 Å². The number of hydrogen-bond acceptors (Lipinski definition) is 2. The van der Waals surface area contributed by atoms with Gasteiger partial charge in [0, 0.05) is 43.9 Å². The van der Waals surface area contributed by atoms with Gasteiger partial charge in [0.25, 0.3) is 0 Å². The molecule has 11 rings (SSSR count). The van der Waals surface area contributed by atoms with Gasteiger partial charge in [-0.3, -0.25) is 9.13 Å². The maximum absolute atomic E-state index is 5.47. The molecule has 5 nitrogen and oxygen atoms in total. The maximum Gasteiger partial charge on any atom is 0.166 e.